The molecule has 1 aromatic carbocycles. The van der Waals surface area contributed by atoms with Crippen LogP contribution in [0.2, 0.25) is 0 Å². The molecule has 0 aliphatic rings. The molecule has 0 spiro atoms. The van der Waals surface area contributed by atoms with Gasteiger partial charge in [-0.3, -0.25) is 4.79 Å². The monoisotopic (exact) mass is 224 g/mol. The van der Waals surface area contributed by atoms with Gasteiger partial charge in [-0.1, -0.05) is 12.1 Å². The third-order valence-corrected chi connectivity index (χ3v) is 2.30. The molecule has 1 rings (SSSR count). The largest absolute Gasteiger partial charge is 0.370 e. The Balaban J connectivity index is 2.33. The van der Waals surface area contributed by atoms with Crippen molar-refractivity contribution >= 4 is 5.91 Å². The van der Waals surface area contributed by atoms with Crippen LogP contribution >= 0.6 is 0 Å². The van der Waals surface area contributed by atoms with Crippen molar-refractivity contribution in [3.63, 3.8) is 0 Å². The summed E-state index contributed by atoms with van der Waals surface area (Å²) in [6.45, 7) is 2.55. The summed E-state index contributed by atoms with van der Waals surface area (Å²) in [5.41, 5.74) is 5.97. The average molecular weight is 224 g/mol. The van der Waals surface area contributed by atoms with Crippen LogP contribution in [0.25, 0.3) is 0 Å². The Kier molecular flexibility index (Phi) is 4.92. The summed E-state index contributed by atoms with van der Waals surface area (Å²) in [6, 6.07) is 6.72. The van der Waals surface area contributed by atoms with E-state index in [1.807, 2.05) is 13.0 Å². The highest BCUT2D eigenvalue weighted by Crippen LogP contribution is 2.06. The first-order valence-electron chi connectivity index (χ1n) is 5.34. The molecular weight excluding hydrogens is 207 g/mol. The lowest BCUT2D eigenvalue weighted by Gasteiger charge is -2.13. The van der Waals surface area contributed by atoms with Gasteiger partial charge in [-0.25, -0.2) is 4.39 Å². The minimum absolute atomic E-state index is 0.196. The summed E-state index contributed by atoms with van der Waals surface area (Å²) in [7, 11) is 0. The van der Waals surface area contributed by atoms with E-state index in [9.17, 15) is 9.18 Å². The summed E-state index contributed by atoms with van der Waals surface area (Å²) in [4.78, 5) is 10.5. The second-order valence-corrected chi connectivity index (χ2v) is 3.91. The van der Waals surface area contributed by atoms with Crippen molar-refractivity contribution < 1.29 is 9.18 Å². The second kappa shape index (κ2) is 6.23. The van der Waals surface area contributed by atoms with Crippen molar-refractivity contribution in [2.45, 2.75) is 25.8 Å². The molecule has 4 heteroatoms. The van der Waals surface area contributed by atoms with E-state index in [1.165, 1.54) is 12.1 Å². The fraction of sp³-hybridized carbons (Fsp3) is 0.417. The third kappa shape index (κ3) is 4.89. The van der Waals surface area contributed by atoms with Crippen LogP contribution in [0.15, 0.2) is 24.3 Å². The van der Waals surface area contributed by atoms with E-state index in [0.29, 0.717) is 13.0 Å². The predicted octanol–water partition coefficient (Wildman–Crippen LogP) is 1.22. The Labute approximate surface area is 94.8 Å². The van der Waals surface area contributed by atoms with Gasteiger partial charge in [-0.2, -0.15) is 0 Å². The van der Waals surface area contributed by atoms with Gasteiger partial charge >= 0.3 is 0 Å². The fourth-order valence-corrected chi connectivity index (χ4v) is 1.53. The van der Waals surface area contributed by atoms with Gasteiger partial charge < -0.3 is 11.1 Å². The lowest BCUT2D eigenvalue weighted by molar-refractivity contribution is -0.117. The number of benzene rings is 1. The molecule has 1 unspecified atom stereocenters. The number of primary amides is 1. The van der Waals surface area contributed by atoms with Crippen LogP contribution in [0.3, 0.4) is 0 Å². The number of rotatable bonds is 6. The SMILES string of the molecule is CC(Cc1cccc(F)c1)NCCC(N)=O. The van der Waals surface area contributed by atoms with Gasteiger partial charge in [-0.05, 0) is 31.0 Å². The summed E-state index contributed by atoms with van der Waals surface area (Å²) < 4.78 is 12.9. The van der Waals surface area contributed by atoms with E-state index in [-0.39, 0.29) is 17.8 Å². The van der Waals surface area contributed by atoms with Gasteiger partial charge in [0, 0.05) is 19.0 Å². The number of carbonyl (C=O) groups is 1. The molecular formula is C12H17FN2O. The third-order valence-electron chi connectivity index (χ3n) is 2.30. The molecule has 0 saturated carbocycles. The highest BCUT2D eigenvalue weighted by Gasteiger charge is 2.04. The summed E-state index contributed by atoms with van der Waals surface area (Å²) in [5, 5.41) is 3.16. The molecule has 0 fully saturated rings. The lowest BCUT2D eigenvalue weighted by atomic mass is 10.1. The first-order chi connectivity index (χ1) is 7.58. The van der Waals surface area contributed by atoms with Crippen molar-refractivity contribution in [1.82, 2.24) is 5.32 Å². The van der Waals surface area contributed by atoms with Gasteiger partial charge in [0.1, 0.15) is 5.82 Å². The summed E-state index contributed by atoms with van der Waals surface area (Å²) in [5.74, 6) is -0.535. The van der Waals surface area contributed by atoms with E-state index >= 15 is 0 Å². The molecule has 0 heterocycles. The van der Waals surface area contributed by atoms with Crippen LogP contribution in [0.4, 0.5) is 4.39 Å². The van der Waals surface area contributed by atoms with Crippen molar-refractivity contribution in [2.24, 2.45) is 5.73 Å². The zero-order valence-corrected chi connectivity index (χ0v) is 9.37. The molecule has 0 bridgehead atoms. The van der Waals surface area contributed by atoms with Crippen molar-refractivity contribution in [2.75, 3.05) is 6.54 Å². The average Bonchev–Trinajstić information content (AvgIpc) is 2.16. The molecule has 1 aromatic rings. The lowest BCUT2D eigenvalue weighted by Crippen LogP contribution is -2.31. The minimum Gasteiger partial charge on any atom is -0.370 e. The van der Waals surface area contributed by atoms with Gasteiger partial charge in [0.15, 0.2) is 0 Å². The van der Waals surface area contributed by atoms with Crippen LogP contribution in [-0.2, 0) is 11.2 Å². The Bertz CT molecular complexity index is 355. The standard InChI is InChI=1S/C12H17FN2O/c1-9(15-6-5-12(14)16)7-10-3-2-4-11(13)8-10/h2-4,8-9,15H,5-7H2,1H3,(H2,14,16). The van der Waals surface area contributed by atoms with Crippen LogP contribution in [0.1, 0.15) is 18.9 Å². The Hall–Kier alpha value is -1.42. The number of amides is 1. The van der Waals surface area contributed by atoms with Crippen LogP contribution in [0.5, 0.6) is 0 Å². The molecule has 1 atom stereocenters. The minimum atomic E-state index is -0.314. The van der Waals surface area contributed by atoms with Gasteiger partial charge in [0.2, 0.25) is 5.91 Å². The number of nitrogens with two attached hydrogens (primary N) is 1. The van der Waals surface area contributed by atoms with Crippen molar-refractivity contribution in [3.05, 3.63) is 35.6 Å². The molecule has 88 valence electrons. The molecule has 0 aliphatic heterocycles. The smallest absolute Gasteiger partial charge is 0.218 e. The molecule has 0 aromatic heterocycles. The molecule has 0 radical (unpaired) electrons. The van der Waals surface area contributed by atoms with Gasteiger partial charge in [0.25, 0.3) is 0 Å². The van der Waals surface area contributed by atoms with E-state index in [4.69, 9.17) is 5.73 Å². The van der Waals surface area contributed by atoms with Gasteiger partial charge in [-0.15, -0.1) is 0 Å². The quantitative estimate of drug-likeness (QED) is 0.763. The van der Waals surface area contributed by atoms with E-state index in [1.54, 1.807) is 6.07 Å². The fourth-order valence-electron chi connectivity index (χ4n) is 1.53. The maximum Gasteiger partial charge on any atom is 0.218 e. The molecule has 1 amide bonds. The Morgan fingerprint density at radius 2 is 2.31 bits per heavy atom. The summed E-state index contributed by atoms with van der Waals surface area (Å²) in [6.07, 6.45) is 1.06. The zero-order chi connectivity index (χ0) is 12.0. The highest BCUT2D eigenvalue weighted by molar-refractivity contribution is 5.73. The Morgan fingerprint density at radius 3 is 2.94 bits per heavy atom. The normalized spacial score (nSPS) is 12.4. The number of nitrogens with one attached hydrogen (secondary N) is 1. The molecule has 0 aliphatic carbocycles. The second-order valence-electron chi connectivity index (χ2n) is 3.91. The molecule has 3 N–H and O–H groups in total. The van der Waals surface area contributed by atoms with Gasteiger partial charge in [0.05, 0.1) is 0 Å². The molecule has 16 heavy (non-hydrogen) atoms. The van der Waals surface area contributed by atoms with Crippen molar-refractivity contribution in [3.8, 4) is 0 Å². The summed E-state index contributed by atoms with van der Waals surface area (Å²) >= 11 is 0. The van der Waals surface area contributed by atoms with Crippen LogP contribution < -0.4 is 11.1 Å². The highest BCUT2D eigenvalue weighted by atomic mass is 19.1. The topological polar surface area (TPSA) is 55.1 Å². The van der Waals surface area contributed by atoms with Crippen LogP contribution in [-0.4, -0.2) is 18.5 Å². The van der Waals surface area contributed by atoms with E-state index < -0.39 is 0 Å². The molecule has 0 saturated heterocycles. The Morgan fingerprint density at radius 1 is 1.56 bits per heavy atom. The molecule has 3 nitrogen and oxygen atoms in total. The van der Waals surface area contributed by atoms with Crippen LogP contribution in [0, 0.1) is 5.82 Å². The van der Waals surface area contributed by atoms with E-state index in [0.717, 1.165) is 12.0 Å². The first kappa shape index (κ1) is 12.6. The number of hydrogen-bond acceptors (Lipinski definition) is 2. The number of halogens is 1. The zero-order valence-electron chi connectivity index (χ0n) is 9.37. The van der Waals surface area contributed by atoms with E-state index in [2.05, 4.69) is 5.32 Å². The maximum absolute atomic E-state index is 12.9. The number of carbonyl (C=O) groups excluding carboxylic acids is 1. The van der Waals surface area contributed by atoms with Crippen molar-refractivity contribution in [1.29, 1.82) is 0 Å². The first-order valence-corrected chi connectivity index (χ1v) is 5.34. The number of hydrogen-bond donors (Lipinski definition) is 2. The maximum atomic E-state index is 12.9. The predicted molar refractivity (Wildman–Crippen MR) is 61.4 cm³/mol.